The van der Waals surface area contributed by atoms with Crippen LogP contribution in [0.25, 0.3) is 0 Å². The summed E-state index contributed by atoms with van der Waals surface area (Å²) in [6.07, 6.45) is 0.299. The smallest absolute Gasteiger partial charge is 0.251 e. The topological polar surface area (TPSA) is 93.3 Å². The number of anilines is 1. The normalized spacial score (nSPS) is 10.6. The van der Waals surface area contributed by atoms with E-state index in [4.69, 9.17) is 32.7 Å². The Balaban J connectivity index is 1.66. The lowest BCUT2D eigenvalue weighted by Crippen LogP contribution is -2.16. The summed E-state index contributed by atoms with van der Waals surface area (Å²) in [5.74, 6) is 0.851. The minimum atomic E-state index is -0.323. The summed E-state index contributed by atoms with van der Waals surface area (Å²) >= 11 is 13.5. The average molecular weight is 480 g/mol. The van der Waals surface area contributed by atoms with Crippen LogP contribution >= 0.6 is 35.0 Å². The number of carbonyl (C=O) groups is 1. The van der Waals surface area contributed by atoms with Crippen molar-refractivity contribution in [2.24, 2.45) is 0 Å². The molecule has 1 heterocycles. The minimum absolute atomic E-state index is 0.0492. The molecule has 0 radical (unpaired) electrons. The molecule has 10 heteroatoms. The Morgan fingerprint density at radius 3 is 2.48 bits per heavy atom. The SMILES string of the molecule is COc1ccc(NC(=O)CSc2nc(Cc3c(Cl)cccc3Cl)cc(=O)[nH]2)cc1OC. The van der Waals surface area contributed by atoms with Crippen molar-refractivity contribution in [2.75, 3.05) is 25.3 Å². The number of halogens is 2. The highest BCUT2D eigenvalue weighted by molar-refractivity contribution is 7.99. The summed E-state index contributed by atoms with van der Waals surface area (Å²) in [7, 11) is 3.05. The first kappa shape index (κ1) is 23.0. The number of amides is 1. The van der Waals surface area contributed by atoms with E-state index in [-0.39, 0.29) is 17.2 Å². The van der Waals surface area contributed by atoms with Crippen molar-refractivity contribution in [3.8, 4) is 11.5 Å². The Labute approximate surface area is 193 Å². The quantitative estimate of drug-likeness (QED) is 0.367. The van der Waals surface area contributed by atoms with E-state index in [9.17, 15) is 9.59 Å². The van der Waals surface area contributed by atoms with E-state index in [2.05, 4.69) is 15.3 Å². The summed E-state index contributed by atoms with van der Waals surface area (Å²) in [6.45, 7) is 0. The predicted molar refractivity (Wildman–Crippen MR) is 123 cm³/mol. The number of methoxy groups -OCH3 is 2. The molecule has 0 aliphatic rings. The summed E-state index contributed by atoms with van der Waals surface area (Å²) in [5, 5.41) is 4.10. The first-order chi connectivity index (χ1) is 14.9. The number of hydrogen-bond acceptors (Lipinski definition) is 6. The highest BCUT2D eigenvalue weighted by atomic mass is 35.5. The molecule has 0 spiro atoms. The van der Waals surface area contributed by atoms with Crippen molar-refractivity contribution >= 4 is 46.6 Å². The summed E-state index contributed by atoms with van der Waals surface area (Å²) in [5.41, 5.74) is 1.43. The van der Waals surface area contributed by atoms with Crippen LogP contribution in [0.4, 0.5) is 5.69 Å². The molecule has 7 nitrogen and oxygen atoms in total. The van der Waals surface area contributed by atoms with Crippen molar-refractivity contribution in [1.82, 2.24) is 9.97 Å². The zero-order valence-electron chi connectivity index (χ0n) is 16.7. The van der Waals surface area contributed by atoms with E-state index in [1.54, 1.807) is 36.4 Å². The summed E-state index contributed by atoms with van der Waals surface area (Å²) in [6, 6.07) is 11.6. The third-order valence-electron chi connectivity index (χ3n) is 4.20. The van der Waals surface area contributed by atoms with Gasteiger partial charge in [-0.15, -0.1) is 0 Å². The van der Waals surface area contributed by atoms with Crippen LogP contribution in [0.3, 0.4) is 0 Å². The second kappa shape index (κ2) is 10.6. The van der Waals surface area contributed by atoms with E-state index in [1.165, 1.54) is 20.3 Å². The van der Waals surface area contributed by atoms with Crippen LogP contribution in [0.15, 0.2) is 52.4 Å². The van der Waals surface area contributed by atoms with Gasteiger partial charge in [-0.3, -0.25) is 9.59 Å². The van der Waals surface area contributed by atoms with Crippen LogP contribution in [0.1, 0.15) is 11.3 Å². The molecule has 31 heavy (non-hydrogen) atoms. The Bertz CT molecular complexity index is 1130. The van der Waals surface area contributed by atoms with Crippen LogP contribution < -0.4 is 20.3 Å². The number of ether oxygens (including phenoxy) is 2. The molecule has 2 aromatic carbocycles. The van der Waals surface area contributed by atoms with Gasteiger partial charge >= 0.3 is 0 Å². The molecule has 0 fully saturated rings. The van der Waals surface area contributed by atoms with Crippen LogP contribution in [-0.4, -0.2) is 35.8 Å². The molecule has 2 N–H and O–H groups in total. The van der Waals surface area contributed by atoms with Crippen LogP contribution in [-0.2, 0) is 11.2 Å². The number of hydrogen-bond donors (Lipinski definition) is 2. The first-order valence-electron chi connectivity index (χ1n) is 9.07. The van der Waals surface area contributed by atoms with Gasteiger partial charge in [-0.2, -0.15) is 0 Å². The largest absolute Gasteiger partial charge is 0.493 e. The van der Waals surface area contributed by atoms with Crippen LogP contribution in [0.5, 0.6) is 11.5 Å². The van der Waals surface area contributed by atoms with Gasteiger partial charge in [0.05, 0.1) is 25.7 Å². The van der Waals surface area contributed by atoms with Gasteiger partial charge in [-0.1, -0.05) is 41.0 Å². The third-order valence-corrected chi connectivity index (χ3v) is 5.78. The van der Waals surface area contributed by atoms with E-state index < -0.39 is 0 Å². The number of rotatable bonds is 8. The molecule has 1 aromatic heterocycles. The van der Waals surface area contributed by atoms with Gasteiger partial charge < -0.3 is 19.8 Å². The molecule has 0 unspecified atom stereocenters. The molecule has 3 aromatic rings. The third kappa shape index (κ3) is 6.16. The Hall–Kier alpha value is -2.68. The van der Waals surface area contributed by atoms with Gasteiger partial charge in [0.2, 0.25) is 5.91 Å². The fourth-order valence-corrected chi connectivity index (χ4v) is 4.00. The highest BCUT2D eigenvalue weighted by Gasteiger charge is 2.12. The average Bonchev–Trinajstić information content (AvgIpc) is 2.74. The van der Waals surface area contributed by atoms with E-state index >= 15 is 0 Å². The fraction of sp³-hybridized carbons (Fsp3) is 0.190. The minimum Gasteiger partial charge on any atom is -0.493 e. The van der Waals surface area contributed by atoms with Crippen molar-refractivity contribution in [3.05, 3.63) is 74.1 Å². The maximum atomic E-state index is 12.3. The van der Waals surface area contributed by atoms with Crippen LogP contribution in [0, 0.1) is 0 Å². The zero-order chi connectivity index (χ0) is 22.4. The number of carbonyl (C=O) groups excluding carboxylic acids is 1. The highest BCUT2D eigenvalue weighted by Crippen LogP contribution is 2.30. The van der Waals surface area contributed by atoms with Crippen molar-refractivity contribution < 1.29 is 14.3 Å². The number of benzene rings is 2. The molecule has 0 saturated carbocycles. The molecule has 162 valence electrons. The van der Waals surface area contributed by atoms with Crippen molar-refractivity contribution in [2.45, 2.75) is 11.6 Å². The molecule has 0 atom stereocenters. The number of nitrogens with one attached hydrogen (secondary N) is 2. The molecule has 1 amide bonds. The van der Waals surface area contributed by atoms with E-state index in [0.717, 1.165) is 11.8 Å². The summed E-state index contributed by atoms with van der Waals surface area (Å²) in [4.78, 5) is 31.4. The molecular weight excluding hydrogens is 461 g/mol. The van der Waals surface area contributed by atoms with Gasteiger partial charge in [-0.25, -0.2) is 4.98 Å². The van der Waals surface area contributed by atoms with Gasteiger partial charge in [0.15, 0.2) is 16.7 Å². The number of aromatic nitrogens is 2. The number of nitrogens with zero attached hydrogens (tertiary/aromatic N) is 1. The summed E-state index contributed by atoms with van der Waals surface area (Å²) < 4.78 is 10.4. The van der Waals surface area contributed by atoms with Crippen molar-refractivity contribution in [1.29, 1.82) is 0 Å². The fourth-order valence-electron chi connectivity index (χ4n) is 2.77. The predicted octanol–water partition coefficient (Wildman–Crippen LogP) is 4.42. The number of H-pyrrole nitrogens is 1. The molecule has 3 rings (SSSR count). The lowest BCUT2D eigenvalue weighted by atomic mass is 10.1. The zero-order valence-corrected chi connectivity index (χ0v) is 19.0. The van der Waals surface area contributed by atoms with Gasteiger partial charge in [0.25, 0.3) is 5.56 Å². The maximum absolute atomic E-state index is 12.3. The standard InChI is InChI=1S/C21H19Cl2N3O4S/c1-29-17-7-6-12(9-18(17)30-2)24-20(28)11-31-21-25-13(10-19(27)26-21)8-14-15(22)4-3-5-16(14)23/h3-7,9-10H,8,11H2,1-2H3,(H,24,28)(H,25,26,27). The second-order valence-corrected chi connectivity index (χ2v) is 8.10. The lowest BCUT2D eigenvalue weighted by molar-refractivity contribution is -0.113. The van der Waals surface area contributed by atoms with E-state index in [0.29, 0.717) is 50.1 Å². The Kier molecular flexibility index (Phi) is 7.84. The molecule has 0 saturated heterocycles. The van der Waals surface area contributed by atoms with Crippen LogP contribution in [0.2, 0.25) is 10.0 Å². The number of thioether (sulfide) groups is 1. The Morgan fingerprint density at radius 1 is 1.10 bits per heavy atom. The molecule has 0 bridgehead atoms. The maximum Gasteiger partial charge on any atom is 0.251 e. The monoisotopic (exact) mass is 479 g/mol. The van der Waals surface area contributed by atoms with Gasteiger partial charge in [-0.05, 0) is 29.8 Å². The lowest BCUT2D eigenvalue weighted by Gasteiger charge is -2.10. The number of aromatic amines is 1. The molecule has 0 aliphatic heterocycles. The van der Waals surface area contributed by atoms with E-state index in [1.807, 2.05) is 0 Å². The molecular formula is C21H19Cl2N3O4S. The van der Waals surface area contributed by atoms with Gasteiger partial charge in [0, 0.05) is 34.3 Å². The first-order valence-corrected chi connectivity index (χ1v) is 10.8. The van der Waals surface area contributed by atoms with Crippen molar-refractivity contribution in [3.63, 3.8) is 0 Å². The molecule has 0 aliphatic carbocycles. The second-order valence-electron chi connectivity index (χ2n) is 6.33. The van der Waals surface area contributed by atoms with Gasteiger partial charge in [0.1, 0.15) is 0 Å². The Morgan fingerprint density at radius 2 is 1.81 bits per heavy atom.